The Bertz CT molecular complexity index is 1090. The molecule has 2 aliphatic heterocycles. The summed E-state index contributed by atoms with van der Waals surface area (Å²) in [5, 5.41) is 1.57. The van der Waals surface area contributed by atoms with Crippen molar-refractivity contribution in [3.05, 3.63) is 44.4 Å². The van der Waals surface area contributed by atoms with Gasteiger partial charge in [0, 0.05) is 33.8 Å². The van der Waals surface area contributed by atoms with Crippen LogP contribution in [-0.2, 0) is 4.79 Å². The van der Waals surface area contributed by atoms with Crippen molar-refractivity contribution in [2.45, 2.75) is 36.5 Å². The lowest BCUT2D eigenvalue weighted by Gasteiger charge is -2.42. The summed E-state index contributed by atoms with van der Waals surface area (Å²) < 4.78 is 0. The van der Waals surface area contributed by atoms with Gasteiger partial charge in [0.2, 0.25) is 5.91 Å². The Kier molecular flexibility index (Phi) is 3.76. The number of carbonyl (C=O) groups is 2. The van der Waals surface area contributed by atoms with Gasteiger partial charge in [0.25, 0.3) is 0 Å². The zero-order valence-corrected chi connectivity index (χ0v) is 17.9. The third-order valence-electron chi connectivity index (χ3n) is 7.73. The smallest absolute Gasteiger partial charge is 0.305 e. The summed E-state index contributed by atoms with van der Waals surface area (Å²) in [7, 11) is 0. The highest BCUT2D eigenvalue weighted by molar-refractivity contribution is 8.00. The molecule has 1 aromatic carbocycles. The van der Waals surface area contributed by atoms with E-state index in [-0.39, 0.29) is 22.5 Å². The van der Waals surface area contributed by atoms with Crippen LogP contribution in [0.15, 0.2) is 34.1 Å². The number of Topliss-reactive ketones (excluding diaryl/α,β-unsaturated/α-hetero) is 1. The molecule has 1 aromatic heterocycles. The van der Waals surface area contributed by atoms with Crippen molar-refractivity contribution < 1.29 is 9.59 Å². The number of thioether (sulfide) groups is 1. The number of hydrogen-bond donors (Lipinski definition) is 1. The van der Waals surface area contributed by atoms with Crippen molar-refractivity contribution in [1.29, 1.82) is 0 Å². The van der Waals surface area contributed by atoms with E-state index in [1.807, 2.05) is 40.9 Å². The molecule has 2 aliphatic carbocycles. The van der Waals surface area contributed by atoms with E-state index >= 15 is 0 Å². The maximum absolute atomic E-state index is 13.4. The lowest BCUT2D eigenvalue weighted by Crippen LogP contribution is -2.41. The molecule has 3 fully saturated rings. The zero-order valence-electron chi connectivity index (χ0n) is 16.3. The molecule has 6 rings (SSSR count). The molecule has 7 heteroatoms. The number of thiazole rings is 1. The van der Waals surface area contributed by atoms with Gasteiger partial charge in [-0.25, -0.2) is 0 Å². The average molecular weight is 427 g/mol. The molecule has 5 nitrogen and oxygen atoms in total. The second kappa shape index (κ2) is 6.08. The summed E-state index contributed by atoms with van der Waals surface area (Å²) in [6.45, 7) is 4.58. The molecule has 29 heavy (non-hydrogen) atoms. The molecule has 1 N–H and O–H groups in total. The van der Waals surface area contributed by atoms with Crippen molar-refractivity contribution in [3.8, 4) is 0 Å². The van der Waals surface area contributed by atoms with Gasteiger partial charge < -0.3 is 9.88 Å². The van der Waals surface area contributed by atoms with Crippen LogP contribution in [0.4, 0.5) is 5.69 Å². The van der Waals surface area contributed by atoms with Crippen LogP contribution in [0.3, 0.4) is 0 Å². The molecule has 3 heterocycles. The van der Waals surface area contributed by atoms with E-state index in [0.29, 0.717) is 40.4 Å². The predicted octanol–water partition coefficient (Wildman–Crippen LogP) is 3.76. The second-order valence-electron chi connectivity index (χ2n) is 8.96. The summed E-state index contributed by atoms with van der Waals surface area (Å²) in [5.41, 5.74) is 1.58. The van der Waals surface area contributed by atoms with Gasteiger partial charge in [-0.3, -0.25) is 14.4 Å². The minimum atomic E-state index is 0.0399. The third-order valence-corrected chi connectivity index (χ3v) is 10.4. The summed E-state index contributed by atoms with van der Waals surface area (Å²) in [5.74, 6) is 2.56. The molecule has 7 atom stereocenters. The number of carbonyl (C=O) groups excluding carboxylic acids is 2. The number of benzene rings is 1. The van der Waals surface area contributed by atoms with E-state index in [9.17, 15) is 14.4 Å². The van der Waals surface area contributed by atoms with E-state index in [1.165, 1.54) is 16.2 Å². The maximum Gasteiger partial charge on any atom is 0.305 e. The first kappa shape index (κ1) is 18.0. The molecule has 150 valence electrons. The number of nitrogens with zero attached hydrogens (tertiary/aromatic N) is 1. The van der Waals surface area contributed by atoms with Crippen molar-refractivity contribution in [2.75, 3.05) is 11.4 Å². The highest BCUT2D eigenvalue weighted by Crippen LogP contribution is 2.67. The van der Waals surface area contributed by atoms with Gasteiger partial charge in [0.1, 0.15) is 0 Å². The molecule has 2 aromatic rings. The van der Waals surface area contributed by atoms with E-state index in [2.05, 4.69) is 11.9 Å². The van der Waals surface area contributed by atoms with Crippen LogP contribution in [0.2, 0.25) is 0 Å². The number of nitrogens with one attached hydrogen (secondary N) is 1. The molecule has 2 bridgehead atoms. The number of H-pyrrole nitrogens is 1. The molecule has 0 spiro atoms. The number of fused-ring (bicyclic) bond motifs is 9. The fourth-order valence-corrected chi connectivity index (χ4v) is 9.55. The van der Waals surface area contributed by atoms with Gasteiger partial charge in [-0.1, -0.05) is 18.3 Å². The number of aromatic amines is 1. The fraction of sp³-hybridized carbons (Fsp3) is 0.500. The minimum Gasteiger partial charge on any atom is -0.312 e. The molecule has 0 radical (unpaired) electrons. The van der Waals surface area contributed by atoms with Crippen LogP contribution in [0.25, 0.3) is 0 Å². The van der Waals surface area contributed by atoms with Crippen LogP contribution in [0.5, 0.6) is 0 Å². The summed E-state index contributed by atoms with van der Waals surface area (Å²) >= 11 is 3.20. The first-order valence-corrected chi connectivity index (χ1v) is 12.0. The van der Waals surface area contributed by atoms with Crippen molar-refractivity contribution in [2.24, 2.45) is 29.6 Å². The number of hydrogen-bond acceptors (Lipinski definition) is 5. The van der Waals surface area contributed by atoms with Gasteiger partial charge in [-0.15, -0.1) is 11.8 Å². The lowest BCUT2D eigenvalue weighted by molar-refractivity contribution is -0.122. The molecule has 4 aliphatic rings. The molecular weight excluding hydrogens is 404 g/mol. The van der Waals surface area contributed by atoms with Crippen molar-refractivity contribution >= 4 is 40.5 Å². The van der Waals surface area contributed by atoms with Gasteiger partial charge in [0.15, 0.2) is 5.78 Å². The van der Waals surface area contributed by atoms with E-state index in [1.54, 1.807) is 6.92 Å². The normalized spacial score (nSPS) is 36.8. The molecule has 2 saturated carbocycles. The molecular formula is C22H22N2O3S2. The number of anilines is 1. The van der Waals surface area contributed by atoms with E-state index in [4.69, 9.17) is 0 Å². The summed E-state index contributed by atoms with van der Waals surface area (Å²) in [4.78, 5) is 43.1. The lowest BCUT2D eigenvalue weighted by atomic mass is 9.70. The largest absolute Gasteiger partial charge is 0.312 e. The highest BCUT2D eigenvalue weighted by Gasteiger charge is 2.66. The van der Waals surface area contributed by atoms with Crippen LogP contribution >= 0.6 is 23.1 Å². The Morgan fingerprint density at radius 2 is 1.90 bits per heavy atom. The minimum absolute atomic E-state index is 0.0399. The second-order valence-corrected chi connectivity index (χ2v) is 11.2. The van der Waals surface area contributed by atoms with Crippen LogP contribution in [-0.4, -0.2) is 28.5 Å². The van der Waals surface area contributed by atoms with E-state index in [0.717, 1.165) is 23.7 Å². The monoisotopic (exact) mass is 426 g/mol. The van der Waals surface area contributed by atoms with E-state index < -0.39 is 0 Å². The standard InChI is InChI=1S/C22H22N2O3S2/c1-9-16-14-7-13(19(16)28-20-18(9)29-22(27)23-20)15-8-24(21(26)17(14)15)12-5-3-11(4-6-12)10(2)25/h3-6,9,13-17,19H,7-8H2,1-2H3,(H,23,27)/t9-,13-,14-,15-,16+,17+,19?/m0/s1. The van der Waals surface area contributed by atoms with Crippen LogP contribution in [0.1, 0.15) is 41.4 Å². The number of ketones is 1. The van der Waals surface area contributed by atoms with Gasteiger partial charge in [-0.05, 0) is 67.2 Å². The Balaban J connectivity index is 1.31. The van der Waals surface area contributed by atoms with Gasteiger partial charge in [-0.2, -0.15) is 0 Å². The van der Waals surface area contributed by atoms with Gasteiger partial charge in [0.05, 0.1) is 5.03 Å². The average Bonchev–Trinajstić information content (AvgIpc) is 3.42. The Labute approximate surface area is 176 Å². The first-order valence-electron chi connectivity index (χ1n) is 10.3. The zero-order chi connectivity index (χ0) is 20.0. The predicted molar refractivity (Wildman–Crippen MR) is 114 cm³/mol. The SMILES string of the molecule is CC(=O)c1ccc(N2C[C@@H]3[C@H](C2=O)[C@H]2C[C@@H]3C3Sc4[nH]c(=O)sc4[C@@H](C)[C@@H]32)cc1. The number of amides is 1. The van der Waals surface area contributed by atoms with Crippen LogP contribution < -0.4 is 9.77 Å². The Morgan fingerprint density at radius 3 is 2.62 bits per heavy atom. The van der Waals surface area contributed by atoms with Gasteiger partial charge >= 0.3 is 4.87 Å². The van der Waals surface area contributed by atoms with Crippen LogP contribution in [0, 0.1) is 29.6 Å². The number of rotatable bonds is 2. The quantitative estimate of drug-likeness (QED) is 0.743. The highest BCUT2D eigenvalue weighted by atomic mass is 32.2. The summed E-state index contributed by atoms with van der Waals surface area (Å²) in [6, 6.07) is 7.45. The van der Waals surface area contributed by atoms with Crippen molar-refractivity contribution in [1.82, 2.24) is 4.98 Å². The number of aromatic nitrogens is 1. The molecule has 1 saturated heterocycles. The Morgan fingerprint density at radius 1 is 1.14 bits per heavy atom. The molecule has 1 unspecified atom stereocenters. The first-order chi connectivity index (χ1) is 13.9. The maximum atomic E-state index is 13.4. The molecule has 1 amide bonds. The topological polar surface area (TPSA) is 70.2 Å². The Hall–Kier alpha value is -1.86. The third kappa shape index (κ3) is 2.37. The van der Waals surface area contributed by atoms with Crippen molar-refractivity contribution in [3.63, 3.8) is 0 Å². The summed E-state index contributed by atoms with van der Waals surface area (Å²) in [6.07, 6.45) is 1.14. The fourth-order valence-electron chi connectivity index (χ4n) is 6.57.